The number of piperidine rings is 1. The molecule has 4 aromatic heterocycles. The second-order valence-electron chi connectivity index (χ2n) is 12.0. The molecule has 0 spiro atoms. The number of pyridine rings is 3. The van der Waals surface area contributed by atoms with Crippen LogP contribution in [0.3, 0.4) is 0 Å². The average Bonchev–Trinajstić information content (AvgIpc) is 3.40. The van der Waals surface area contributed by atoms with Gasteiger partial charge in [-0.15, -0.1) is 0 Å². The van der Waals surface area contributed by atoms with E-state index < -0.39 is 11.4 Å². The van der Waals surface area contributed by atoms with Crippen LogP contribution in [0.15, 0.2) is 49.1 Å². The molecule has 1 N–H and O–H groups in total. The van der Waals surface area contributed by atoms with Gasteiger partial charge < -0.3 is 19.5 Å². The third-order valence-corrected chi connectivity index (χ3v) is 8.80. The summed E-state index contributed by atoms with van der Waals surface area (Å²) < 4.78 is 26.9. The topological polar surface area (TPSA) is 112 Å². The molecule has 216 valence electrons. The number of aliphatic hydroxyl groups is 1. The first-order chi connectivity index (χ1) is 20.3. The van der Waals surface area contributed by atoms with Gasteiger partial charge in [0, 0.05) is 55.2 Å². The second kappa shape index (κ2) is 10.2. The maximum absolute atomic E-state index is 14.1. The molecule has 10 nitrogen and oxygen atoms in total. The Morgan fingerprint density at radius 1 is 1.14 bits per heavy atom. The number of ether oxygens (including phenoxy) is 2. The quantitative estimate of drug-likeness (QED) is 0.339. The van der Waals surface area contributed by atoms with E-state index in [9.17, 15) is 14.8 Å². The van der Waals surface area contributed by atoms with E-state index in [0.717, 1.165) is 54.9 Å². The maximum Gasteiger partial charge on any atom is 0.250 e. The molecule has 42 heavy (non-hydrogen) atoms. The first kappa shape index (κ1) is 26.6. The highest BCUT2D eigenvalue weighted by Crippen LogP contribution is 2.39. The minimum Gasteiger partial charge on any atom is -0.492 e. The van der Waals surface area contributed by atoms with Gasteiger partial charge in [0.15, 0.2) is 5.82 Å². The van der Waals surface area contributed by atoms with E-state index in [1.165, 1.54) is 13.2 Å². The van der Waals surface area contributed by atoms with Gasteiger partial charge in [0.25, 0.3) is 0 Å². The van der Waals surface area contributed by atoms with E-state index in [4.69, 9.17) is 14.5 Å². The van der Waals surface area contributed by atoms with Gasteiger partial charge in [0.2, 0.25) is 5.88 Å². The van der Waals surface area contributed by atoms with Crippen LogP contribution in [-0.2, 0) is 6.54 Å². The third-order valence-electron chi connectivity index (χ3n) is 8.80. The Morgan fingerprint density at radius 2 is 1.95 bits per heavy atom. The van der Waals surface area contributed by atoms with E-state index in [-0.39, 0.29) is 5.88 Å². The van der Waals surface area contributed by atoms with Gasteiger partial charge in [-0.2, -0.15) is 10.4 Å². The Labute approximate surface area is 242 Å². The van der Waals surface area contributed by atoms with Crippen LogP contribution < -0.4 is 14.4 Å². The number of aromatic nitrogens is 4. The Kier molecular flexibility index (Phi) is 6.48. The van der Waals surface area contributed by atoms with Crippen molar-refractivity contribution in [3.05, 3.63) is 66.0 Å². The molecule has 2 unspecified atom stereocenters. The van der Waals surface area contributed by atoms with Gasteiger partial charge in [-0.1, -0.05) is 0 Å². The number of piperazine rings is 1. The molecule has 7 heterocycles. The summed E-state index contributed by atoms with van der Waals surface area (Å²) in [5.41, 5.74) is 3.14. The number of halogens is 1. The number of fused-ring (bicyclic) bond motifs is 3. The van der Waals surface area contributed by atoms with Crippen LogP contribution in [0.2, 0.25) is 0 Å². The van der Waals surface area contributed by atoms with Crippen LogP contribution in [0.1, 0.15) is 37.3 Å². The summed E-state index contributed by atoms with van der Waals surface area (Å²) in [6.45, 7) is 4.71. The van der Waals surface area contributed by atoms with E-state index >= 15 is 0 Å². The standard InChI is InChI=1S/C31H32FN7O3/c1-31(40)8-20(9-31)18-42-25-7-26(29-22(10-33)13-36-39(29)17-25)21-3-4-28(34-12-21)37-15-23-6-24(16-37)38(23)14-19-5-27(32)30(41-2)35-11-19/h3-5,7,11-13,17,20,23-24,40H,6,8-9,14-16,18H2,1-2H3. The van der Waals surface area contributed by atoms with Crippen molar-refractivity contribution in [3.8, 4) is 28.8 Å². The van der Waals surface area contributed by atoms with Gasteiger partial charge in [-0.25, -0.2) is 18.9 Å². The molecule has 1 aliphatic carbocycles. The summed E-state index contributed by atoms with van der Waals surface area (Å²) in [5, 5.41) is 24.1. The fourth-order valence-corrected chi connectivity index (χ4v) is 6.77. The van der Waals surface area contributed by atoms with E-state index in [1.54, 1.807) is 23.1 Å². The molecule has 0 radical (unpaired) electrons. The number of nitriles is 1. The third kappa shape index (κ3) is 4.80. The highest BCUT2D eigenvalue weighted by molar-refractivity contribution is 5.85. The van der Waals surface area contributed by atoms with E-state index in [2.05, 4.69) is 26.0 Å². The lowest BCUT2D eigenvalue weighted by Crippen LogP contribution is -2.68. The highest BCUT2D eigenvalue weighted by atomic mass is 19.1. The zero-order valence-electron chi connectivity index (χ0n) is 23.6. The van der Waals surface area contributed by atoms with Crippen molar-refractivity contribution in [2.45, 2.75) is 50.4 Å². The molecule has 1 saturated carbocycles. The molecule has 11 heteroatoms. The van der Waals surface area contributed by atoms with Gasteiger partial charge in [0.05, 0.1) is 42.8 Å². The molecule has 3 aliphatic heterocycles. The van der Waals surface area contributed by atoms with Crippen molar-refractivity contribution in [1.29, 1.82) is 5.26 Å². The number of rotatable bonds is 8. The number of hydrogen-bond acceptors (Lipinski definition) is 9. The second-order valence-corrected chi connectivity index (χ2v) is 12.0. The normalized spacial score (nSPS) is 25.0. The predicted octanol–water partition coefficient (Wildman–Crippen LogP) is 3.81. The van der Waals surface area contributed by atoms with Crippen molar-refractivity contribution in [1.82, 2.24) is 24.5 Å². The fourth-order valence-electron chi connectivity index (χ4n) is 6.77. The highest BCUT2D eigenvalue weighted by Gasteiger charge is 2.44. The molecule has 8 rings (SSSR count). The average molecular weight is 570 g/mol. The first-order valence-electron chi connectivity index (χ1n) is 14.2. The minimum absolute atomic E-state index is 0.0178. The molecule has 4 aromatic rings. The van der Waals surface area contributed by atoms with Gasteiger partial charge in [-0.05, 0) is 61.9 Å². The van der Waals surface area contributed by atoms with Crippen LogP contribution in [-0.4, -0.2) is 74.1 Å². The predicted molar refractivity (Wildman–Crippen MR) is 153 cm³/mol. The summed E-state index contributed by atoms with van der Waals surface area (Å²) in [4.78, 5) is 13.6. The first-order valence-corrected chi connectivity index (χ1v) is 14.2. The lowest BCUT2D eigenvalue weighted by atomic mass is 9.73. The molecule has 0 aromatic carbocycles. The molecule has 0 amide bonds. The summed E-state index contributed by atoms with van der Waals surface area (Å²) in [7, 11) is 1.41. The van der Waals surface area contributed by atoms with Crippen molar-refractivity contribution in [3.63, 3.8) is 0 Å². The lowest BCUT2D eigenvalue weighted by molar-refractivity contribution is -0.0690. The summed E-state index contributed by atoms with van der Waals surface area (Å²) in [6.07, 6.45) is 9.44. The summed E-state index contributed by atoms with van der Waals surface area (Å²) in [6, 6.07) is 10.5. The molecule has 4 fully saturated rings. The molecule has 3 saturated heterocycles. The number of hydrogen-bond donors (Lipinski definition) is 1. The largest absolute Gasteiger partial charge is 0.492 e. The maximum atomic E-state index is 14.1. The SMILES string of the molecule is COc1ncc(CN2C3CC2CN(c2ccc(-c4cc(OCC5CC(C)(O)C5)cn5ncc(C#N)c45)cn2)C3)cc1F. The number of anilines is 1. The summed E-state index contributed by atoms with van der Waals surface area (Å²) >= 11 is 0. The minimum atomic E-state index is -0.596. The molecular formula is C31H32FN7O3. The van der Waals surface area contributed by atoms with E-state index in [0.29, 0.717) is 48.0 Å². The van der Waals surface area contributed by atoms with Crippen molar-refractivity contribution >= 4 is 11.3 Å². The van der Waals surface area contributed by atoms with Crippen molar-refractivity contribution < 1.29 is 19.0 Å². The Morgan fingerprint density at radius 3 is 2.62 bits per heavy atom. The van der Waals surface area contributed by atoms with Crippen LogP contribution >= 0.6 is 0 Å². The molecular weight excluding hydrogens is 537 g/mol. The lowest BCUT2D eigenvalue weighted by Gasteiger charge is -2.56. The Bertz CT molecular complexity index is 1660. The number of nitrogens with zero attached hydrogens (tertiary/aromatic N) is 7. The Hall–Kier alpha value is -4.27. The monoisotopic (exact) mass is 569 g/mol. The van der Waals surface area contributed by atoms with Gasteiger partial charge >= 0.3 is 0 Å². The van der Waals surface area contributed by atoms with Crippen LogP contribution in [0.25, 0.3) is 16.6 Å². The van der Waals surface area contributed by atoms with Crippen molar-refractivity contribution in [2.75, 3.05) is 31.7 Å². The van der Waals surface area contributed by atoms with Crippen LogP contribution in [0.5, 0.6) is 11.6 Å². The Balaban J connectivity index is 1.06. The molecule has 2 atom stereocenters. The van der Waals surface area contributed by atoms with Crippen LogP contribution in [0.4, 0.5) is 10.2 Å². The number of methoxy groups -OCH3 is 1. The van der Waals surface area contributed by atoms with E-state index in [1.807, 2.05) is 31.3 Å². The van der Waals surface area contributed by atoms with Gasteiger partial charge in [0.1, 0.15) is 17.6 Å². The molecule has 2 bridgehead atoms. The summed E-state index contributed by atoms with van der Waals surface area (Å²) in [5.74, 6) is 1.45. The zero-order valence-corrected chi connectivity index (χ0v) is 23.6. The fraction of sp³-hybridized carbons (Fsp3) is 0.419. The molecule has 4 aliphatic rings. The van der Waals surface area contributed by atoms with Gasteiger partial charge in [-0.3, -0.25) is 4.90 Å². The van der Waals surface area contributed by atoms with Crippen LogP contribution in [0, 0.1) is 23.1 Å². The zero-order chi connectivity index (χ0) is 29.0. The smallest absolute Gasteiger partial charge is 0.250 e. The van der Waals surface area contributed by atoms with Crippen molar-refractivity contribution in [2.24, 2.45) is 5.92 Å².